The van der Waals surface area contributed by atoms with Gasteiger partial charge in [0.25, 0.3) is 0 Å². The van der Waals surface area contributed by atoms with Gasteiger partial charge in [0.15, 0.2) is 0 Å². The van der Waals surface area contributed by atoms with Crippen LogP contribution in [-0.4, -0.2) is 41.2 Å². The van der Waals surface area contributed by atoms with Crippen LogP contribution in [0.15, 0.2) is 138 Å². The number of nitrogens with zero attached hydrogens (tertiary/aromatic N) is 3. The van der Waals surface area contributed by atoms with E-state index in [0.717, 1.165) is 55.9 Å². The molecule has 0 saturated heterocycles. The van der Waals surface area contributed by atoms with Crippen molar-refractivity contribution in [1.82, 2.24) is 9.13 Å². The molecule has 1 aromatic heterocycles. The molecule has 9 nitrogen and oxygen atoms in total. The van der Waals surface area contributed by atoms with Gasteiger partial charge >= 0.3 is 17.6 Å². The van der Waals surface area contributed by atoms with Gasteiger partial charge in [-0.3, -0.25) is 18.8 Å². The number of carbonyl (C=O) groups is 3. The van der Waals surface area contributed by atoms with E-state index in [1.807, 2.05) is 109 Å². The fourth-order valence-corrected chi connectivity index (χ4v) is 8.54. The van der Waals surface area contributed by atoms with Crippen molar-refractivity contribution in [3.8, 4) is 5.69 Å². The zero-order valence-corrected chi connectivity index (χ0v) is 34.6. The van der Waals surface area contributed by atoms with Gasteiger partial charge in [0.2, 0.25) is 5.91 Å². The number of anilines is 2. The van der Waals surface area contributed by atoms with Gasteiger partial charge in [-0.05, 0) is 144 Å². The Balaban J connectivity index is 0.000000156. The Kier molecular flexibility index (Phi) is 10.7. The minimum absolute atomic E-state index is 0.0809. The molecule has 0 bridgehead atoms. The van der Waals surface area contributed by atoms with Crippen molar-refractivity contribution in [3.63, 3.8) is 0 Å². The second-order valence-electron chi connectivity index (χ2n) is 16.3. The van der Waals surface area contributed by atoms with Gasteiger partial charge in [-0.1, -0.05) is 78.9 Å². The Hall–Kier alpha value is -7.00. The third kappa shape index (κ3) is 8.03. The first-order valence-electron chi connectivity index (χ1n) is 20.9. The normalized spacial score (nSPS) is 14.3. The van der Waals surface area contributed by atoms with Crippen LogP contribution in [0, 0.1) is 0 Å². The molecule has 2 saturated carbocycles. The SMILES string of the molecule is COC(=O)c1cc(C2CC2)ccc1Cc1ccc2c(c1)CC(=O)N2c1ccccc1.COC(=O)c1cc(C2CC2)ccc1Cc1ccc2c(c1)n(C)c(=O)n2-c1ccccc1. The molecule has 6 aromatic carbocycles. The number of hydrogen-bond donors (Lipinski definition) is 0. The molecule has 7 aromatic rings. The highest BCUT2D eigenvalue weighted by atomic mass is 16.5. The number of benzene rings is 6. The lowest BCUT2D eigenvalue weighted by molar-refractivity contribution is -0.116. The van der Waals surface area contributed by atoms with E-state index in [-0.39, 0.29) is 23.5 Å². The predicted octanol–water partition coefficient (Wildman–Crippen LogP) is 9.75. The van der Waals surface area contributed by atoms with Gasteiger partial charge < -0.3 is 9.47 Å². The first-order valence-corrected chi connectivity index (χ1v) is 20.9. The lowest BCUT2D eigenvalue weighted by atomic mass is 9.95. The second kappa shape index (κ2) is 16.6. The first kappa shape index (κ1) is 39.5. The number of carbonyl (C=O) groups excluding carboxylic acids is 3. The Labute approximate surface area is 354 Å². The molecule has 61 heavy (non-hydrogen) atoms. The van der Waals surface area contributed by atoms with E-state index in [1.165, 1.54) is 51.0 Å². The summed E-state index contributed by atoms with van der Waals surface area (Å²) in [4.78, 5) is 52.1. The number of hydrogen-bond acceptors (Lipinski definition) is 6. The van der Waals surface area contributed by atoms with Gasteiger partial charge in [0.05, 0.1) is 54.2 Å². The first-order chi connectivity index (χ1) is 29.7. The molecule has 0 unspecified atom stereocenters. The highest BCUT2D eigenvalue weighted by Crippen LogP contribution is 2.42. The second-order valence-corrected chi connectivity index (χ2v) is 16.3. The van der Waals surface area contributed by atoms with Crippen LogP contribution in [0.4, 0.5) is 11.4 Å². The average molecular weight is 810 g/mol. The molecule has 306 valence electrons. The van der Waals surface area contributed by atoms with Crippen LogP contribution in [0.1, 0.15) is 97.2 Å². The molecule has 0 radical (unpaired) electrons. The lowest BCUT2D eigenvalue weighted by Gasteiger charge is -2.18. The molecule has 1 aliphatic heterocycles. The summed E-state index contributed by atoms with van der Waals surface area (Å²) >= 11 is 0. The van der Waals surface area contributed by atoms with E-state index in [1.54, 1.807) is 21.1 Å². The largest absolute Gasteiger partial charge is 0.465 e. The summed E-state index contributed by atoms with van der Waals surface area (Å²) in [6.45, 7) is 0. The molecular weight excluding hydrogens is 763 g/mol. The van der Waals surface area contributed by atoms with Gasteiger partial charge in [0, 0.05) is 12.7 Å². The van der Waals surface area contributed by atoms with E-state index < -0.39 is 0 Å². The minimum atomic E-state index is -0.304. The van der Waals surface area contributed by atoms with Crippen molar-refractivity contribution in [2.24, 2.45) is 7.05 Å². The maximum Gasteiger partial charge on any atom is 0.338 e. The summed E-state index contributed by atoms with van der Waals surface area (Å²) in [6, 6.07) is 43.9. The molecule has 3 aliphatic rings. The number of esters is 2. The van der Waals surface area contributed by atoms with E-state index >= 15 is 0 Å². The topological polar surface area (TPSA) is 99.8 Å². The lowest BCUT2D eigenvalue weighted by Crippen LogP contribution is -2.20. The quantitative estimate of drug-likeness (QED) is 0.128. The van der Waals surface area contributed by atoms with Crippen molar-refractivity contribution in [2.75, 3.05) is 19.1 Å². The van der Waals surface area contributed by atoms with Crippen molar-refractivity contribution in [1.29, 1.82) is 0 Å². The molecule has 10 rings (SSSR count). The highest BCUT2D eigenvalue weighted by molar-refractivity contribution is 6.07. The Morgan fingerprint density at radius 2 is 1.11 bits per heavy atom. The molecular formula is C52H47N3O6. The van der Waals surface area contributed by atoms with E-state index in [9.17, 15) is 19.2 Å². The van der Waals surface area contributed by atoms with Crippen molar-refractivity contribution < 1.29 is 23.9 Å². The van der Waals surface area contributed by atoms with Gasteiger partial charge in [0.1, 0.15) is 0 Å². The van der Waals surface area contributed by atoms with Gasteiger partial charge in [-0.15, -0.1) is 0 Å². The van der Waals surface area contributed by atoms with E-state index in [0.29, 0.717) is 42.2 Å². The van der Waals surface area contributed by atoms with Crippen LogP contribution >= 0.6 is 0 Å². The summed E-state index contributed by atoms with van der Waals surface area (Å²) in [5.74, 6) is 0.635. The Morgan fingerprint density at radius 3 is 1.66 bits per heavy atom. The van der Waals surface area contributed by atoms with Crippen LogP contribution < -0.4 is 10.6 Å². The van der Waals surface area contributed by atoms with E-state index in [2.05, 4.69) is 24.3 Å². The van der Waals surface area contributed by atoms with Crippen LogP contribution in [0.2, 0.25) is 0 Å². The summed E-state index contributed by atoms with van der Waals surface area (Å²) < 4.78 is 13.5. The molecule has 2 fully saturated rings. The van der Waals surface area contributed by atoms with Gasteiger partial charge in [-0.25, -0.2) is 14.4 Å². The number of fused-ring (bicyclic) bond motifs is 2. The number of amides is 1. The maximum atomic E-state index is 12.9. The minimum Gasteiger partial charge on any atom is -0.465 e. The Morgan fingerprint density at radius 1 is 0.590 bits per heavy atom. The zero-order valence-electron chi connectivity index (χ0n) is 34.6. The molecule has 2 heterocycles. The molecule has 0 spiro atoms. The number of methoxy groups -OCH3 is 2. The summed E-state index contributed by atoms with van der Waals surface area (Å²) in [5.41, 5.74) is 13.0. The number of rotatable bonds is 10. The smallest absolute Gasteiger partial charge is 0.338 e. The van der Waals surface area contributed by atoms with Crippen LogP contribution in [0.5, 0.6) is 0 Å². The van der Waals surface area contributed by atoms with Crippen LogP contribution in [0.25, 0.3) is 16.7 Å². The Bertz CT molecular complexity index is 2870. The third-order valence-electron chi connectivity index (χ3n) is 12.1. The summed E-state index contributed by atoms with van der Waals surface area (Å²) in [7, 11) is 4.64. The fourth-order valence-electron chi connectivity index (χ4n) is 8.54. The zero-order chi connectivity index (χ0) is 42.2. The van der Waals surface area contributed by atoms with Crippen molar-refractivity contribution >= 4 is 40.3 Å². The molecule has 0 N–H and O–H groups in total. The predicted molar refractivity (Wildman–Crippen MR) is 237 cm³/mol. The number of imidazole rings is 1. The van der Waals surface area contributed by atoms with Crippen LogP contribution in [-0.2, 0) is 40.6 Å². The summed E-state index contributed by atoms with van der Waals surface area (Å²) in [5, 5.41) is 0. The third-order valence-corrected chi connectivity index (χ3v) is 12.1. The maximum absolute atomic E-state index is 12.9. The number of para-hydroxylation sites is 2. The fraction of sp³-hybridized carbons (Fsp3) is 0.231. The monoisotopic (exact) mass is 809 g/mol. The number of ether oxygens (including phenoxy) is 2. The van der Waals surface area contributed by atoms with Gasteiger partial charge in [-0.2, -0.15) is 0 Å². The summed E-state index contributed by atoms with van der Waals surface area (Å²) in [6.07, 6.45) is 6.36. The van der Waals surface area contributed by atoms with Crippen molar-refractivity contribution in [3.05, 3.63) is 194 Å². The van der Waals surface area contributed by atoms with Crippen LogP contribution in [0.3, 0.4) is 0 Å². The number of aryl methyl sites for hydroxylation is 1. The highest BCUT2D eigenvalue weighted by Gasteiger charge is 2.30. The standard InChI is InChI=1S/C26H24N2O3.C26H23NO3/c1-27-24-15-17(8-13-23(24)28(26(27)30)21-6-4-3-5-7-21)14-20-12-11-19(18-9-10-18)16-22(20)25(29)31-2;1-30-26(29)23-15-19(18-8-9-18)10-11-20(23)13-17-7-12-24-21(14-17)16-25(28)27(24)22-5-3-2-4-6-22/h3-8,11-13,15-16,18H,9-10,14H2,1-2H3;2-7,10-12,14-15,18H,8-9,13,16H2,1H3. The average Bonchev–Trinajstić information content (AvgIpc) is 4.24. The molecule has 0 atom stereocenters. The van der Waals surface area contributed by atoms with Crippen molar-refractivity contribution in [2.45, 2.75) is 56.8 Å². The molecule has 1 amide bonds. The van der Waals surface area contributed by atoms with E-state index in [4.69, 9.17) is 9.47 Å². The molecule has 9 heteroatoms. The number of aromatic nitrogens is 2. The molecule has 2 aliphatic carbocycles.